The van der Waals surface area contributed by atoms with Gasteiger partial charge in [-0.05, 0) is 25.5 Å². The molecule has 1 aliphatic rings. The highest BCUT2D eigenvalue weighted by atomic mass is 16.5. The van der Waals surface area contributed by atoms with Crippen molar-refractivity contribution < 1.29 is 9.53 Å². The molecule has 5 nitrogen and oxygen atoms in total. The number of carbonyl (C=O) groups is 1. The summed E-state index contributed by atoms with van der Waals surface area (Å²) in [6.45, 7) is 6.66. The Labute approximate surface area is 126 Å². The lowest BCUT2D eigenvalue weighted by Crippen LogP contribution is -2.45. The molecule has 0 aliphatic carbocycles. The van der Waals surface area contributed by atoms with E-state index in [9.17, 15) is 4.79 Å². The fraction of sp³-hybridized carbons (Fsp3) is 0.562. The molecule has 0 aromatic heterocycles. The third kappa shape index (κ3) is 4.44. The standard InChI is InChI=1S/C16H25N3O2/c1-12-9-19(10-16(20)18-13(2)11-21-3)15-7-5-4-6-14(15)8-17-12/h4-7,12-13,17H,8-11H2,1-3H3,(H,18,20). The zero-order valence-corrected chi connectivity index (χ0v) is 13.1. The van der Waals surface area contributed by atoms with Crippen LogP contribution in [-0.4, -0.2) is 44.8 Å². The second-order valence-corrected chi connectivity index (χ2v) is 5.72. The largest absolute Gasteiger partial charge is 0.383 e. The molecule has 2 atom stereocenters. The van der Waals surface area contributed by atoms with Gasteiger partial charge in [0, 0.05) is 38.0 Å². The predicted molar refractivity (Wildman–Crippen MR) is 84.4 cm³/mol. The molecule has 0 spiro atoms. The Kier molecular flexibility index (Phi) is 5.59. The van der Waals surface area contributed by atoms with Crippen molar-refractivity contribution >= 4 is 11.6 Å². The molecular weight excluding hydrogens is 266 g/mol. The van der Waals surface area contributed by atoms with Gasteiger partial charge in [-0.15, -0.1) is 0 Å². The van der Waals surface area contributed by atoms with Crippen molar-refractivity contribution in [2.75, 3.05) is 31.7 Å². The third-order valence-corrected chi connectivity index (χ3v) is 3.63. The smallest absolute Gasteiger partial charge is 0.239 e. The van der Waals surface area contributed by atoms with Gasteiger partial charge in [-0.1, -0.05) is 18.2 Å². The van der Waals surface area contributed by atoms with Crippen molar-refractivity contribution in [1.29, 1.82) is 0 Å². The van der Waals surface area contributed by atoms with E-state index in [1.807, 2.05) is 19.1 Å². The van der Waals surface area contributed by atoms with E-state index in [0.29, 0.717) is 19.2 Å². The van der Waals surface area contributed by atoms with Crippen molar-refractivity contribution in [2.24, 2.45) is 0 Å². The molecule has 1 aliphatic heterocycles. The van der Waals surface area contributed by atoms with E-state index in [1.54, 1.807) is 7.11 Å². The first-order chi connectivity index (χ1) is 10.1. The van der Waals surface area contributed by atoms with Gasteiger partial charge in [0.1, 0.15) is 0 Å². The maximum absolute atomic E-state index is 12.2. The Morgan fingerprint density at radius 1 is 1.52 bits per heavy atom. The van der Waals surface area contributed by atoms with Crippen LogP contribution in [0.2, 0.25) is 0 Å². The number of hydrogen-bond acceptors (Lipinski definition) is 4. The summed E-state index contributed by atoms with van der Waals surface area (Å²) < 4.78 is 5.05. The summed E-state index contributed by atoms with van der Waals surface area (Å²) >= 11 is 0. The predicted octanol–water partition coefficient (Wildman–Crippen LogP) is 1.14. The lowest BCUT2D eigenvalue weighted by molar-refractivity contribution is -0.120. The Hall–Kier alpha value is -1.59. The minimum Gasteiger partial charge on any atom is -0.383 e. The van der Waals surface area contributed by atoms with E-state index in [-0.39, 0.29) is 11.9 Å². The zero-order valence-electron chi connectivity index (χ0n) is 13.1. The van der Waals surface area contributed by atoms with E-state index in [4.69, 9.17) is 4.74 Å². The van der Waals surface area contributed by atoms with Gasteiger partial charge < -0.3 is 20.3 Å². The summed E-state index contributed by atoms with van der Waals surface area (Å²) in [6.07, 6.45) is 0. The first-order valence-corrected chi connectivity index (χ1v) is 7.44. The number of methoxy groups -OCH3 is 1. The quantitative estimate of drug-likeness (QED) is 0.854. The molecule has 0 fully saturated rings. The Balaban J connectivity index is 2.05. The van der Waals surface area contributed by atoms with E-state index < -0.39 is 0 Å². The van der Waals surface area contributed by atoms with Crippen molar-refractivity contribution in [1.82, 2.24) is 10.6 Å². The Morgan fingerprint density at radius 3 is 3.05 bits per heavy atom. The zero-order chi connectivity index (χ0) is 15.2. The molecular formula is C16H25N3O2. The molecule has 2 rings (SSSR count). The summed E-state index contributed by atoms with van der Waals surface area (Å²) in [4.78, 5) is 14.3. The number of para-hydroxylation sites is 1. The summed E-state index contributed by atoms with van der Waals surface area (Å²) in [5, 5.41) is 6.44. The summed E-state index contributed by atoms with van der Waals surface area (Å²) in [7, 11) is 1.64. The molecule has 21 heavy (non-hydrogen) atoms. The average Bonchev–Trinajstić information content (AvgIpc) is 2.59. The highest BCUT2D eigenvalue weighted by Gasteiger charge is 2.21. The second-order valence-electron chi connectivity index (χ2n) is 5.72. The monoisotopic (exact) mass is 291 g/mol. The number of hydrogen-bond donors (Lipinski definition) is 2. The van der Waals surface area contributed by atoms with Gasteiger partial charge in [0.2, 0.25) is 5.91 Å². The van der Waals surface area contributed by atoms with Crippen molar-refractivity contribution in [3.8, 4) is 0 Å². The van der Waals surface area contributed by atoms with Crippen LogP contribution in [0, 0.1) is 0 Å². The van der Waals surface area contributed by atoms with Crippen LogP contribution in [0.4, 0.5) is 5.69 Å². The molecule has 0 saturated carbocycles. The second kappa shape index (κ2) is 7.43. The molecule has 116 valence electrons. The van der Waals surface area contributed by atoms with Crippen LogP contribution in [0.1, 0.15) is 19.4 Å². The molecule has 5 heteroatoms. The molecule has 1 heterocycles. The van der Waals surface area contributed by atoms with Crippen LogP contribution in [0.5, 0.6) is 0 Å². The number of rotatable bonds is 5. The van der Waals surface area contributed by atoms with Gasteiger partial charge in [-0.3, -0.25) is 4.79 Å². The van der Waals surface area contributed by atoms with Gasteiger partial charge in [0.25, 0.3) is 0 Å². The van der Waals surface area contributed by atoms with E-state index in [0.717, 1.165) is 18.8 Å². The fourth-order valence-electron chi connectivity index (χ4n) is 2.68. The average molecular weight is 291 g/mol. The van der Waals surface area contributed by atoms with Gasteiger partial charge in [-0.2, -0.15) is 0 Å². The maximum Gasteiger partial charge on any atom is 0.239 e. The first-order valence-electron chi connectivity index (χ1n) is 7.44. The van der Waals surface area contributed by atoms with Crippen LogP contribution >= 0.6 is 0 Å². The maximum atomic E-state index is 12.2. The van der Waals surface area contributed by atoms with Gasteiger partial charge in [0.15, 0.2) is 0 Å². The lowest BCUT2D eigenvalue weighted by Gasteiger charge is -2.26. The number of carbonyl (C=O) groups excluding carboxylic acids is 1. The van der Waals surface area contributed by atoms with Gasteiger partial charge >= 0.3 is 0 Å². The van der Waals surface area contributed by atoms with Crippen LogP contribution < -0.4 is 15.5 Å². The number of nitrogens with one attached hydrogen (secondary N) is 2. The van der Waals surface area contributed by atoms with E-state index >= 15 is 0 Å². The molecule has 0 bridgehead atoms. The number of amides is 1. The van der Waals surface area contributed by atoms with E-state index in [2.05, 4.69) is 34.6 Å². The topological polar surface area (TPSA) is 53.6 Å². The number of benzene rings is 1. The first kappa shape index (κ1) is 15.8. The number of ether oxygens (including phenoxy) is 1. The van der Waals surface area contributed by atoms with Crippen LogP contribution in [0.3, 0.4) is 0 Å². The van der Waals surface area contributed by atoms with E-state index in [1.165, 1.54) is 5.56 Å². The number of anilines is 1. The third-order valence-electron chi connectivity index (χ3n) is 3.63. The fourth-order valence-corrected chi connectivity index (χ4v) is 2.68. The minimum atomic E-state index is 0.0280. The Morgan fingerprint density at radius 2 is 2.29 bits per heavy atom. The van der Waals surface area contributed by atoms with Crippen molar-refractivity contribution in [2.45, 2.75) is 32.5 Å². The van der Waals surface area contributed by atoms with Crippen molar-refractivity contribution in [3.63, 3.8) is 0 Å². The number of nitrogens with zero attached hydrogens (tertiary/aromatic N) is 1. The van der Waals surface area contributed by atoms with Gasteiger partial charge in [0.05, 0.1) is 13.2 Å². The molecule has 1 aromatic carbocycles. The summed E-state index contributed by atoms with van der Waals surface area (Å²) in [5.74, 6) is 0.0310. The molecule has 0 saturated heterocycles. The van der Waals surface area contributed by atoms with Crippen molar-refractivity contribution in [3.05, 3.63) is 29.8 Å². The highest BCUT2D eigenvalue weighted by Crippen LogP contribution is 2.22. The van der Waals surface area contributed by atoms with Crippen LogP contribution in [-0.2, 0) is 16.1 Å². The lowest BCUT2D eigenvalue weighted by atomic mass is 10.1. The Bertz CT molecular complexity index is 478. The normalized spacial score (nSPS) is 19.6. The molecule has 0 radical (unpaired) electrons. The molecule has 1 aromatic rings. The molecule has 2 unspecified atom stereocenters. The molecule has 2 N–H and O–H groups in total. The van der Waals surface area contributed by atoms with Crippen LogP contribution in [0.15, 0.2) is 24.3 Å². The summed E-state index contributed by atoms with van der Waals surface area (Å²) in [5.41, 5.74) is 2.38. The number of fused-ring (bicyclic) bond motifs is 1. The summed E-state index contributed by atoms with van der Waals surface area (Å²) in [6, 6.07) is 8.63. The van der Waals surface area contributed by atoms with Gasteiger partial charge in [-0.25, -0.2) is 0 Å². The highest BCUT2D eigenvalue weighted by molar-refractivity contribution is 5.82. The van der Waals surface area contributed by atoms with Crippen LogP contribution in [0.25, 0.3) is 0 Å². The minimum absolute atomic E-state index is 0.0280. The molecule has 1 amide bonds. The SMILES string of the molecule is COCC(C)NC(=O)CN1CC(C)NCc2ccccc21.